The monoisotopic (exact) mass is 565 g/mol. The number of nitrogens with zero attached hydrogens (tertiary/aromatic N) is 4. The summed E-state index contributed by atoms with van der Waals surface area (Å²) >= 11 is 0. The zero-order valence-corrected chi connectivity index (χ0v) is 23.4. The molecule has 5 rings (SSSR count). The van der Waals surface area contributed by atoms with Gasteiger partial charge in [0.15, 0.2) is 5.82 Å². The molecule has 40 heavy (non-hydrogen) atoms. The van der Waals surface area contributed by atoms with Gasteiger partial charge in [0.25, 0.3) is 10.0 Å². The second kappa shape index (κ2) is 10.5. The van der Waals surface area contributed by atoms with Crippen molar-refractivity contribution in [2.75, 3.05) is 5.32 Å². The number of nitrogens with one attached hydrogen (secondary N) is 1. The number of carbonyl (C=O) groups is 1. The van der Waals surface area contributed by atoms with Gasteiger partial charge in [-0.1, -0.05) is 36.4 Å². The molecule has 210 valence electrons. The van der Waals surface area contributed by atoms with Crippen LogP contribution < -0.4 is 5.32 Å². The number of benzene rings is 2. The largest absolute Gasteiger partial charge is 0.465 e. The molecule has 2 atom stereocenters. The molecule has 1 saturated carbocycles. The fraction of sp³-hybridized carbons (Fsp3) is 0.345. The Kier molecular flexibility index (Phi) is 7.26. The predicted molar refractivity (Wildman–Crippen MR) is 151 cm³/mol. The van der Waals surface area contributed by atoms with Gasteiger partial charge in [0.1, 0.15) is 5.69 Å². The number of carboxylic acid groups (broad SMARTS) is 1. The number of rotatable bonds is 6. The third-order valence-corrected chi connectivity index (χ3v) is 8.94. The molecule has 4 aromatic rings. The lowest BCUT2D eigenvalue weighted by molar-refractivity contribution is 0.0551. The molecule has 0 aliphatic heterocycles. The molecule has 2 N–H and O–H groups in total. The summed E-state index contributed by atoms with van der Waals surface area (Å²) in [5.41, 5.74) is 0.154. The number of hydrogen-bond acceptors (Lipinski definition) is 6. The van der Waals surface area contributed by atoms with E-state index in [9.17, 15) is 18.3 Å². The van der Waals surface area contributed by atoms with E-state index in [-0.39, 0.29) is 28.6 Å². The summed E-state index contributed by atoms with van der Waals surface area (Å²) in [6.45, 7) is 5.63. The van der Waals surface area contributed by atoms with E-state index in [1.54, 1.807) is 42.5 Å². The summed E-state index contributed by atoms with van der Waals surface area (Å²) in [7, 11) is -3.95. The summed E-state index contributed by atoms with van der Waals surface area (Å²) in [4.78, 5) is 22.2. The van der Waals surface area contributed by atoms with Crippen molar-refractivity contribution >= 4 is 33.0 Å². The van der Waals surface area contributed by atoms with Crippen LogP contribution >= 0.6 is 0 Å². The first-order chi connectivity index (χ1) is 19.0. The van der Waals surface area contributed by atoms with E-state index < -0.39 is 27.5 Å². The van der Waals surface area contributed by atoms with Gasteiger partial charge < -0.3 is 15.3 Å². The van der Waals surface area contributed by atoms with Crippen molar-refractivity contribution in [1.82, 2.24) is 18.8 Å². The van der Waals surface area contributed by atoms with E-state index in [0.29, 0.717) is 22.9 Å². The van der Waals surface area contributed by atoms with Gasteiger partial charge in [-0.3, -0.25) is 0 Å². The Morgan fingerprint density at radius 2 is 1.80 bits per heavy atom. The molecule has 2 aromatic heterocycles. The fourth-order valence-electron chi connectivity index (χ4n) is 5.57. The summed E-state index contributed by atoms with van der Waals surface area (Å²) in [6, 6.07) is 14.7. The topological polar surface area (TPSA) is 117 Å². The van der Waals surface area contributed by atoms with Crippen LogP contribution in [0, 0.1) is 5.82 Å². The first-order valence-corrected chi connectivity index (χ1v) is 14.6. The molecule has 2 heterocycles. The number of aromatic nitrogens is 3. The molecule has 1 aliphatic carbocycles. The summed E-state index contributed by atoms with van der Waals surface area (Å²) in [5, 5.41) is 13.6. The minimum Gasteiger partial charge on any atom is -0.465 e. The minimum atomic E-state index is -3.95. The Morgan fingerprint density at radius 1 is 1.10 bits per heavy atom. The highest BCUT2D eigenvalue weighted by molar-refractivity contribution is 7.90. The third-order valence-electron chi connectivity index (χ3n) is 7.25. The maximum Gasteiger partial charge on any atom is 0.407 e. The first kappa shape index (κ1) is 27.6. The molecule has 0 radical (unpaired) electrons. The quantitative estimate of drug-likeness (QED) is 0.295. The second-order valence-electron chi connectivity index (χ2n) is 11.0. The Hall–Kier alpha value is -3.99. The Labute approximate surface area is 232 Å². The van der Waals surface area contributed by atoms with E-state index in [1.165, 1.54) is 23.2 Å². The van der Waals surface area contributed by atoms with Crippen LogP contribution in [0.15, 0.2) is 71.9 Å². The van der Waals surface area contributed by atoms with Gasteiger partial charge in [-0.05, 0) is 64.7 Å². The number of hydrogen-bond donors (Lipinski definition) is 2. The molecule has 0 spiro atoms. The summed E-state index contributed by atoms with van der Waals surface area (Å²) in [6.07, 6.45) is 4.44. The normalized spacial score (nSPS) is 18.0. The van der Waals surface area contributed by atoms with Gasteiger partial charge in [-0.25, -0.2) is 31.5 Å². The van der Waals surface area contributed by atoms with Crippen LogP contribution in [0.2, 0.25) is 0 Å². The molecular weight excluding hydrogens is 533 g/mol. The van der Waals surface area contributed by atoms with Crippen molar-refractivity contribution < 1.29 is 22.7 Å². The highest BCUT2D eigenvalue weighted by atomic mass is 32.2. The maximum absolute atomic E-state index is 15.2. The van der Waals surface area contributed by atoms with Gasteiger partial charge in [-0.2, -0.15) is 0 Å². The van der Waals surface area contributed by atoms with E-state index >= 15 is 4.39 Å². The van der Waals surface area contributed by atoms with Crippen molar-refractivity contribution in [3.8, 4) is 11.3 Å². The highest BCUT2D eigenvalue weighted by Crippen LogP contribution is 2.34. The molecule has 0 bridgehead atoms. The Morgan fingerprint density at radius 3 is 2.50 bits per heavy atom. The van der Waals surface area contributed by atoms with E-state index in [4.69, 9.17) is 0 Å². The molecule has 0 saturated heterocycles. The summed E-state index contributed by atoms with van der Waals surface area (Å²) < 4.78 is 43.3. The smallest absolute Gasteiger partial charge is 0.407 e. The highest BCUT2D eigenvalue weighted by Gasteiger charge is 2.36. The van der Waals surface area contributed by atoms with Gasteiger partial charge in [0, 0.05) is 34.8 Å². The average molecular weight is 566 g/mol. The van der Waals surface area contributed by atoms with Gasteiger partial charge in [0.05, 0.1) is 16.6 Å². The van der Waals surface area contributed by atoms with Crippen LogP contribution in [-0.4, -0.2) is 56.1 Å². The second-order valence-corrected chi connectivity index (χ2v) is 12.9. The summed E-state index contributed by atoms with van der Waals surface area (Å²) in [5.74, 6) is -0.487. The van der Waals surface area contributed by atoms with E-state index in [0.717, 1.165) is 29.4 Å². The van der Waals surface area contributed by atoms with Gasteiger partial charge >= 0.3 is 6.09 Å². The lowest BCUT2D eigenvalue weighted by atomic mass is 9.88. The maximum atomic E-state index is 15.2. The number of para-hydroxylation sites is 1. The Balaban J connectivity index is 1.49. The van der Waals surface area contributed by atoms with Gasteiger partial charge in [-0.15, -0.1) is 0 Å². The average Bonchev–Trinajstić information content (AvgIpc) is 3.30. The fourth-order valence-corrected chi connectivity index (χ4v) is 6.96. The van der Waals surface area contributed by atoms with Crippen molar-refractivity contribution in [2.24, 2.45) is 0 Å². The minimum absolute atomic E-state index is 0.0232. The number of anilines is 1. The van der Waals surface area contributed by atoms with Crippen LogP contribution in [0.4, 0.5) is 15.1 Å². The molecule has 9 nitrogen and oxygen atoms in total. The van der Waals surface area contributed by atoms with E-state index in [2.05, 4.69) is 15.3 Å². The predicted octanol–water partition coefficient (Wildman–Crippen LogP) is 5.98. The SMILES string of the molecule is CC(C)(C)N(C(=O)O)C1CCC[C@@H](Nc2ncc(F)c(-c3cn(S(=O)(=O)c4ccccc4)c4ccccc34)n2)C1. The van der Waals surface area contributed by atoms with Crippen molar-refractivity contribution in [3.05, 3.63) is 72.8 Å². The molecule has 1 amide bonds. The molecule has 1 aliphatic rings. The van der Waals surface area contributed by atoms with Crippen LogP contribution in [0.1, 0.15) is 46.5 Å². The molecular formula is C29H32FN5O4S. The lowest BCUT2D eigenvalue weighted by Gasteiger charge is -2.43. The molecule has 11 heteroatoms. The van der Waals surface area contributed by atoms with Crippen molar-refractivity contribution in [3.63, 3.8) is 0 Å². The molecule has 1 unspecified atom stereocenters. The van der Waals surface area contributed by atoms with Crippen molar-refractivity contribution in [1.29, 1.82) is 0 Å². The Bertz CT molecular complexity index is 1650. The number of halogens is 1. The number of amides is 1. The third kappa shape index (κ3) is 5.25. The molecule has 2 aromatic carbocycles. The van der Waals surface area contributed by atoms with Gasteiger partial charge in [0.2, 0.25) is 5.95 Å². The van der Waals surface area contributed by atoms with E-state index in [1.807, 2.05) is 20.8 Å². The number of fused-ring (bicyclic) bond motifs is 1. The zero-order chi connectivity index (χ0) is 28.7. The zero-order valence-electron chi connectivity index (χ0n) is 22.6. The van der Waals surface area contributed by atoms with Crippen molar-refractivity contribution in [2.45, 2.75) is 69.0 Å². The van der Waals surface area contributed by atoms with Crippen LogP contribution in [0.5, 0.6) is 0 Å². The molecule has 1 fully saturated rings. The van der Waals surface area contributed by atoms with Crippen LogP contribution in [-0.2, 0) is 10.0 Å². The van der Waals surface area contributed by atoms with Crippen LogP contribution in [0.3, 0.4) is 0 Å². The standard InChI is InChI=1S/C29H32FN5O4S/c1-29(2,3)35(28(36)37)20-11-9-10-19(16-20)32-27-31-17-24(30)26(33-27)23-18-34(25-15-8-7-14-22(23)25)40(38,39)21-12-5-4-6-13-21/h4-8,12-15,17-20H,9-11,16H2,1-3H3,(H,36,37)(H,31,32,33)/t19-,20?/m1/s1. The first-order valence-electron chi connectivity index (χ1n) is 13.2. The lowest BCUT2D eigenvalue weighted by Crippen LogP contribution is -2.53. The van der Waals surface area contributed by atoms with Crippen LogP contribution in [0.25, 0.3) is 22.2 Å².